The number of aryl methyl sites for hydroxylation is 3. The molecule has 1 saturated heterocycles. The topological polar surface area (TPSA) is 91.8 Å². The highest BCUT2D eigenvalue weighted by Crippen LogP contribution is 2.27. The molecule has 1 N–H and O–H groups in total. The standard InChI is InChI=1S/C22H26N4O4/c1-14-4-5-18-17(13-29-22(18)16(14)3)11-21(28)26-8-6-25(7-9-26)12-20(27)23-19-10-15(2)30-24-19/h4-5,10,13H,6-9,11-12H2,1-3H3,(H,23,24,27). The minimum atomic E-state index is -0.140. The monoisotopic (exact) mass is 410 g/mol. The molecule has 2 amide bonds. The molecule has 0 unspecified atom stereocenters. The van der Waals surface area contributed by atoms with Crippen molar-refractivity contribution in [1.82, 2.24) is 15.0 Å². The Morgan fingerprint density at radius 2 is 1.90 bits per heavy atom. The van der Waals surface area contributed by atoms with E-state index in [1.165, 1.54) is 5.56 Å². The zero-order chi connectivity index (χ0) is 21.3. The molecule has 0 atom stereocenters. The van der Waals surface area contributed by atoms with Gasteiger partial charge in [0, 0.05) is 43.2 Å². The number of hydrogen-bond donors (Lipinski definition) is 1. The number of benzene rings is 1. The van der Waals surface area contributed by atoms with Crippen LogP contribution >= 0.6 is 0 Å². The molecule has 1 aliphatic heterocycles. The molecule has 3 aromatic rings. The molecule has 0 spiro atoms. The van der Waals surface area contributed by atoms with Crippen LogP contribution in [0.3, 0.4) is 0 Å². The number of furan rings is 1. The second-order valence-corrected chi connectivity index (χ2v) is 7.85. The Bertz CT molecular complexity index is 1080. The van der Waals surface area contributed by atoms with Crippen LogP contribution in [-0.4, -0.2) is 59.5 Å². The summed E-state index contributed by atoms with van der Waals surface area (Å²) in [7, 11) is 0. The first-order chi connectivity index (χ1) is 14.4. The summed E-state index contributed by atoms with van der Waals surface area (Å²) >= 11 is 0. The number of nitrogens with zero attached hydrogens (tertiary/aromatic N) is 3. The molecule has 1 aromatic carbocycles. The number of carbonyl (C=O) groups is 2. The third-order valence-corrected chi connectivity index (χ3v) is 5.67. The van der Waals surface area contributed by atoms with Gasteiger partial charge >= 0.3 is 0 Å². The van der Waals surface area contributed by atoms with Crippen molar-refractivity contribution in [1.29, 1.82) is 0 Å². The minimum absolute atomic E-state index is 0.0816. The van der Waals surface area contributed by atoms with Crippen LogP contribution in [0, 0.1) is 20.8 Å². The van der Waals surface area contributed by atoms with Gasteiger partial charge in [-0.3, -0.25) is 14.5 Å². The molecule has 1 aliphatic rings. The van der Waals surface area contributed by atoms with E-state index in [1.54, 1.807) is 19.3 Å². The van der Waals surface area contributed by atoms with E-state index in [1.807, 2.05) is 22.8 Å². The number of amides is 2. The highest BCUT2D eigenvalue weighted by Gasteiger charge is 2.24. The van der Waals surface area contributed by atoms with Crippen LogP contribution in [0.2, 0.25) is 0 Å². The Hall–Kier alpha value is -3.13. The summed E-state index contributed by atoms with van der Waals surface area (Å²) in [5.74, 6) is 1.01. The third kappa shape index (κ3) is 4.23. The fourth-order valence-corrected chi connectivity index (χ4v) is 3.77. The van der Waals surface area contributed by atoms with Crippen LogP contribution in [0.25, 0.3) is 11.0 Å². The summed E-state index contributed by atoms with van der Waals surface area (Å²) in [4.78, 5) is 28.9. The lowest BCUT2D eigenvalue weighted by Gasteiger charge is -2.34. The molecule has 0 bridgehead atoms. The first-order valence-electron chi connectivity index (χ1n) is 10.1. The number of aromatic nitrogens is 1. The van der Waals surface area contributed by atoms with Gasteiger partial charge in [0.1, 0.15) is 11.3 Å². The van der Waals surface area contributed by atoms with E-state index >= 15 is 0 Å². The van der Waals surface area contributed by atoms with E-state index in [2.05, 4.69) is 23.5 Å². The Kier molecular flexibility index (Phi) is 5.59. The zero-order valence-electron chi connectivity index (χ0n) is 17.5. The smallest absolute Gasteiger partial charge is 0.239 e. The summed E-state index contributed by atoms with van der Waals surface area (Å²) in [6, 6.07) is 5.76. The largest absolute Gasteiger partial charge is 0.464 e. The van der Waals surface area contributed by atoms with Gasteiger partial charge in [-0.1, -0.05) is 17.3 Å². The van der Waals surface area contributed by atoms with E-state index < -0.39 is 0 Å². The summed E-state index contributed by atoms with van der Waals surface area (Å²) in [6.45, 7) is 8.63. The molecule has 1 fully saturated rings. The lowest BCUT2D eigenvalue weighted by Crippen LogP contribution is -2.50. The van der Waals surface area contributed by atoms with Gasteiger partial charge in [0.15, 0.2) is 5.82 Å². The lowest BCUT2D eigenvalue weighted by molar-refractivity contribution is -0.132. The van der Waals surface area contributed by atoms with Crippen LogP contribution in [0.5, 0.6) is 0 Å². The molecule has 3 heterocycles. The second-order valence-electron chi connectivity index (χ2n) is 7.85. The van der Waals surface area contributed by atoms with Crippen molar-refractivity contribution in [2.45, 2.75) is 27.2 Å². The number of fused-ring (bicyclic) bond motifs is 1. The molecule has 8 nitrogen and oxygen atoms in total. The number of rotatable bonds is 5. The van der Waals surface area contributed by atoms with Gasteiger partial charge in [-0.15, -0.1) is 0 Å². The van der Waals surface area contributed by atoms with Gasteiger partial charge in [0.2, 0.25) is 11.8 Å². The second kappa shape index (κ2) is 8.31. The molecule has 2 aromatic heterocycles. The highest BCUT2D eigenvalue weighted by molar-refractivity contribution is 5.91. The Morgan fingerprint density at radius 3 is 2.60 bits per heavy atom. The first kappa shape index (κ1) is 20.2. The normalized spacial score (nSPS) is 15.0. The predicted octanol–water partition coefficient (Wildman–Crippen LogP) is 2.67. The SMILES string of the molecule is Cc1cc(NC(=O)CN2CCN(C(=O)Cc3coc4c(C)c(C)ccc34)CC2)no1. The highest BCUT2D eigenvalue weighted by atomic mass is 16.5. The molecule has 4 rings (SSSR count). The fourth-order valence-electron chi connectivity index (χ4n) is 3.77. The summed E-state index contributed by atoms with van der Waals surface area (Å²) in [6.07, 6.45) is 2.02. The molecule has 0 saturated carbocycles. The fraction of sp³-hybridized carbons (Fsp3) is 0.409. The van der Waals surface area contributed by atoms with E-state index in [9.17, 15) is 9.59 Å². The van der Waals surface area contributed by atoms with Gasteiger partial charge in [-0.2, -0.15) is 0 Å². The molecule has 0 aliphatic carbocycles. The maximum Gasteiger partial charge on any atom is 0.239 e. The molecule has 30 heavy (non-hydrogen) atoms. The molecular formula is C22H26N4O4. The van der Waals surface area contributed by atoms with Crippen LogP contribution in [0.15, 0.2) is 33.4 Å². The summed E-state index contributed by atoms with van der Waals surface area (Å²) in [5.41, 5.74) is 4.06. The molecule has 8 heteroatoms. The van der Waals surface area contributed by atoms with Gasteiger partial charge in [0.25, 0.3) is 0 Å². The van der Waals surface area contributed by atoms with Crippen LogP contribution in [-0.2, 0) is 16.0 Å². The van der Waals surface area contributed by atoms with Crippen molar-refractivity contribution in [2.24, 2.45) is 0 Å². The number of carbonyl (C=O) groups excluding carboxylic acids is 2. The third-order valence-electron chi connectivity index (χ3n) is 5.67. The van der Waals surface area contributed by atoms with Crippen molar-refractivity contribution in [3.8, 4) is 0 Å². The van der Waals surface area contributed by atoms with Gasteiger partial charge < -0.3 is 19.2 Å². The van der Waals surface area contributed by atoms with Gasteiger partial charge in [0.05, 0.1) is 19.2 Å². The van der Waals surface area contributed by atoms with Crippen molar-refractivity contribution in [3.63, 3.8) is 0 Å². The first-order valence-corrected chi connectivity index (χ1v) is 10.1. The van der Waals surface area contributed by atoms with Gasteiger partial charge in [-0.05, 0) is 31.9 Å². The molecule has 0 radical (unpaired) electrons. The lowest BCUT2D eigenvalue weighted by atomic mass is 10.0. The van der Waals surface area contributed by atoms with E-state index in [0.29, 0.717) is 44.2 Å². The van der Waals surface area contributed by atoms with Crippen molar-refractivity contribution in [2.75, 3.05) is 38.0 Å². The van der Waals surface area contributed by atoms with E-state index in [4.69, 9.17) is 8.94 Å². The number of hydrogen-bond acceptors (Lipinski definition) is 6. The zero-order valence-corrected chi connectivity index (χ0v) is 17.5. The molecule has 158 valence electrons. The Morgan fingerprint density at radius 1 is 1.13 bits per heavy atom. The Labute approximate surface area is 174 Å². The van der Waals surface area contributed by atoms with Crippen LogP contribution in [0.4, 0.5) is 5.82 Å². The summed E-state index contributed by atoms with van der Waals surface area (Å²) in [5, 5.41) is 7.49. The number of nitrogens with one attached hydrogen (secondary N) is 1. The molecular weight excluding hydrogens is 384 g/mol. The van der Waals surface area contributed by atoms with Gasteiger partial charge in [-0.25, -0.2) is 0 Å². The average molecular weight is 410 g/mol. The van der Waals surface area contributed by atoms with Crippen molar-refractivity contribution in [3.05, 3.63) is 46.9 Å². The number of piperazine rings is 1. The van der Waals surface area contributed by atoms with Crippen LogP contribution < -0.4 is 5.32 Å². The summed E-state index contributed by atoms with van der Waals surface area (Å²) < 4.78 is 10.7. The van der Waals surface area contributed by atoms with Crippen molar-refractivity contribution >= 4 is 28.6 Å². The average Bonchev–Trinajstić information content (AvgIpc) is 3.31. The quantitative estimate of drug-likeness (QED) is 0.695. The van der Waals surface area contributed by atoms with Crippen LogP contribution in [0.1, 0.15) is 22.5 Å². The Balaban J connectivity index is 1.29. The maximum atomic E-state index is 12.8. The van der Waals surface area contributed by atoms with Crippen molar-refractivity contribution < 1.29 is 18.5 Å². The van der Waals surface area contributed by atoms with E-state index in [-0.39, 0.29) is 18.4 Å². The number of anilines is 1. The maximum absolute atomic E-state index is 12.8. The van der Waals surface area contributed by atoms with E-state index in [0.717, 1.165) is 22.1 Å². The minimum Gasteiger partial charge on any atom is -0.464 e. The predicted molar refractivity (Wildman–Crippen MR) is 112 cm³/mol.